The van der Waals surface area contributed by atoms with Crippen LogP contribution in [0.2, 0.25) is 5.02 Å². The lowest BCUT2D eigenvalue weighted by atomic mass is 9.77. The third-order valence-corrected chi connectivity index (χ3v) is 4.42. The second-order valence-corrected chi connectivity index (χ2v) is 6.01. The van der Waals surface area contributed by atoms with Crippen molar-refractivity contribution in [3.05, 3.63) is 22.7 Å². The van der Waals surface area contributed by atoms with Crippen LogP contribution < -0.4 is 14.8 Å². The highest BCUT2D eigenvalue weighted by molar-refractivity contribution is 6.32. The summed E-state index contributed by atoms with van der Waals surface area (Å²) in [5.41, 5.74) is 0.954. The minimum atomic E-state index is -0.101. The number of fused-ring (bicyclic) bond motifs is 1. The van der Waals surface area contributed by atoms with Gasteiger partial charge in [0.25, 0.3) is 0 Å². The summed E-state index contributed by atoms with van der Waals surface area (Å²) in [5.74, 6) is 1.37. The summed E-state index contributed by atoms with van der Waals surface area (Å²) in [4.78, 5) is 0. The second-order valence-electron chi connectivity index (χ2n) is 5.60. The molecule has 20 heavy (non-hydrogen) atoms. The van der Waals surface area contributed by atoms with Gasteiger partial charge in [-0.1, -0.05) is 11.6 Å². The summed E-state index contributed by atoms with van der Waals surface area (Å²) >= 11 is 6.27. The van der Waals surface area contributed by atoms with E-state index in [1.807, 2.05) is 12.1 Å². The number of benzene rings is 1. The predicted molar refractivity (Wildman–Crippen MR) is 77.6 cm³/mol. The van der Waals surface area contributed by atoms with E-state index in [1.54, 1.807) is 0 Å². The van der Waals surface area contributed by atoms with Crippen molar-refractivity contribution in [1.29, 1.82) is 0 Å². The van der Waals surface area contributed by atoms with Crippen LogP contribution in [0.1, 0.15) is 31.2 Å². The third-order valence-electron chi connectivity index (χ3n) is 4.14. The summed E-state index contributed by atoms with van der Waals surface area (Å²) in [5, 5.41) is 13.5. The zero-order chi connectivity index (χ0) is 14.0. The van der Waals surface area contributed by atoms with E-state index in [2.05, 4.69) is 5.32 Å². The van der Waals surface area contributed by atoms with Gasteiger partial charge < -0.3 is 19.9 Å². The first-order chi connectivity index (χ1) is 9.72. The van der Waals surface area contributed by atoms with Gasteiger partial charge in [0.15, 0.2) is 11.5 Å². The molecule has 1 saturated carbocycles. The number of aliphatic hydroxyl groups excluding tert-OH is 1. The van der Waals surface area contributed by atoms with Gasteiger partial charge in [0.2, 0.25) is 0 Å². The summed E-state index contributed by atoms with van der Waals surface area (Å²) in [6.45, 7) is 2.15. The van der Waals surface area contributed by atoms with E-state index < -0.39 is 0 Å². The van der Waals surface area contributed by atoms with Crippen LogP contribution in [0.4, 0.5) is 0 Å². The number of aliphatic hydroxyl groups is 1. The topological polar surface area (TPSA) is 50.7 Å². The first kappa shape index (κ1) is 14.0. The van der Waals surface area contributed by atoms with E-state index >= 15 is 0 Å². The van der Waals surface area contributed by atoms with Crippen LogP contribution in [-0.4, -0.2) is 30.5 Å². The van der Waals surface area contributed by atoms with E-state index in [1.165, 1.54) is 6.42 Å². The van der Waals surface area contributed by atoms with Crippen molar-refractivity contribution in [1.82, 2.24) is 5.32 Å². The van der Waals surface area contributed by atoms with Crippen LogP contribution in [0.25, 0.3) is 0 Å². The molecule has 0 atom stereocenters. The molecule has 4 nitrogen and oxygen atoms in total. The molecule has 2 N–H and O–H groups in total. The molecule has 3 rings (SSSR count). The fourth-order valence-corrected chi connectivity index (χ4v) is 2.96. The van der Waals surface area contributed by atoms with Gasteiger partial charge in [-0.25, -0.2) is 0 Å². The maximum atomic E-state index is 9.47. The van der Waals surface area contributed by atoms with Gasteiger partial charge in [0, 0.05) is 18.5 Å². The minimum absolute atomic E-state index is 0.101. The fraction of sp³-hybridized carbons (Fsp3) is 0.600. The Kier molecular flexibility index (Phi) is 4.06. The Bertz CT molecular complexity index is 483. The summed E-state index contributed by atoms with van der Waals surface area (Å²) in [6, 6.07) is 3.88. The first-order valence-corrected chi connectivity index (χ1v) is 7.54. The molecule has 0 spiro atoms. The molecule has 5 heteroatoms. The Hall–Kier alpha value is -0.970. The monoisotopic (exact) mass is 297 g/mol. The highest BCUT2D eigenvalue weighted by Crippen LogP contribution is 2.38. The lowest BCUT2D eigenvalue weighted by Gasteiger charge is -2.41. The molecule has 0 bridgehead atoms. The van der Waals surface area contributed by atoms with Crippen molar-refractivity contribution in [3.63, 3.8) is 0 Å². The standard InChI is InChI=1S/C15H20ClNO3/c16-12-7-11(9-17-15(10-18)3-1-4-15)8-13-14(12)20-6-2-5-19-13/h7-8,17-18H,1-6,9-10H2. The zero-order valence-electron chi connectivity index (χ0n) is 11.5. The molecular weight excluding hydrogens is 278 g/mol. The van der Waals surface area contributed by atoms with E-state index in [0.717, 1.165) is 30.6 Å². The Morgan fingerprint density at radius 1 is 1.20 bits per heavy atom. The van der Waals surface area contributed by atoms with Crippen molar-refractivity contribution in [3.8, 4) is 11.5 Å². The first-order valence-electron chi connectivity index (χ1n) is 7.16. The highest BCUT2D eigenvalue weighted by atomic mass is 35.5. The SMILES string of the molecule is OCC1(NCc2cc(Cl)c3c(c2)OCCCO3)CCC1. The van der Waals surface area contributed by atoms with Crippen molar-refractivity contribution < 1.29 is 14.6 Å². The van der Waals surface area contributed by atoms with Gasteiger partial charge in [-0.15, -0.1) is 0 Å². The minimum Gasteiger partial charge on any atom is -0.489 e. The molecule has 0 saturated heterocycles. The lowest BCUT2D eigenvalue weighted by Crippen LogP contribution is -2.53. The predicted octanol–water partition coefficient (Wildman–Crippen LogP) is 2.51. The Morgan fingerprint density at radius 2 is 2.00 bits per heavy atom. The summed E-state index contributed by atoms with van der Waals surface area (Å²) in [7, 11) is 0. The molecule has 1 aliphatic carbocycles. The van der Waals surface area contributed by atoms with Crippen molar-refractivity contribution in [2.45, 2.75) is 37.8 Å². The zero-order valence-corrected chi connectivity index (χ0v) is 12.2. The molecule has 1 heterocycles. The van der Waals surface area contributed by atoms with Gasteiger partial charge in [-0.2, -0.15) is 0 Å². The molecule has 0 unspecified atom stereocenters. The Balaban J connectivity index is 1.74. The second kappa shape index (κ2) is 5.80. The molecule has 0 radical (unpaired) electrons. The van der Waals surface area contributed by atoms with Gasteiger partial charge in [-0.3, -0.25) is 0 Å². The van der Waals surface area contributed by atoms with Crippen LogP contribution in [0, 0.1) is 0 Å². The van der Waals surface area contributed by atoms with Gasteiger partial charge in [-0.05, 0) is 37.0 Å². The third kappa shape index (κ3) is 2.73. The number of hydrogen-bond acceptors (Lipinski definition) is 4. The molecule has 2 aliphatic rings. The van der Waals surface area contributed by atoms with Crippen molar-refractivity contribution in [2.75, 3.05) is 19.8 Å². The highest BCUT2D eigenvalue weighted by Gasteiger charge is 2.35. The summed E-state index contributed by atoms with van der Waals surface area (Å²) in [6.07, 6.45) is 4.10. The van der Waals surface area contributed by atoms with Crippen LogP contribution >= 0.6 is 11.6 Å². The van der Waals surface area contributed by atoms with Gasteiger partial charge in [0.05, 0.1) is 24.8 Å². The average Bonchev–Trinajstić information content (AvgIpc) is 2.63. The number of nitrogens with one attached hydrogen (secondary N) is 1. The van der Waals surface area contributed by atoms with Gasteiger partial charge >= 0.3 is 0 Å². The number of hydrogen-bond donors (Lipinski definition) is 2. The van der Waals surface area contributed by atoms with E-state index in [0.29, 0.717) is 30.5 Å². The van der Waals surface area contributed by atoms with E-state index in [4.69, 9.17) is 21.1 Å². The quantitative estimate of drug-likeness (QED) is 0.896. The largest absolute Gasteiger partial charge is 0.489 e. The molecule has 1 aromatic rings. The molecule has 1 aromatic carbocycles. The van der Waals surface area contributed by atoms with Crippen LogP contribution in [0.15, 0.2) is 12.1 Å². The average molecular weight is 298 g/mol. The molecule has 1 aliphatic heterocycles. The molecule has 110 valence electrons. The van der Waals surface area contributed by atoms with Crippen molar-refractivity contribution >= 4 is 11.6 Å². The van der Waals surface area contributed by atoms with Crippen LogP contribution in [-0.2, 0) is 6.54 Å². The molecular formula is C15H20ClNO3. The normalized spacial score (nSPS) is 20.1. The smallest absolute Gasteiger partial charge is 0.179 e. The summed E-state index contributed by atoms with van der Waals surface area (Å²) < 4.78 is 11.3. The molecule has 1 fully saturated rings. The van der Waals surface area contributed by atoms with E-state index in [-0.39, 0.29) is 12.1 Å². The maximum absolute atomic E-state index is 9.47. The molecule has 0 amide bonds. The fourth-order valence-electron chi connectivity index (χ4n) is 2.67. The lowest BCUT2D eigenvalue weighted by molar-refractivity contribution is 0.0872. The van der Waals surface area contributed by atoms with Gasteiger partial charge in [0.1, 0.15) is 0 Å². The number of ether oxygens (including phenoxy) is 2. The number of rotatable bonds is 4. The Morgan fingerprint density at radius 3 is 2.70 bits per heavy atom. The van der Waals surface area contributed by atoms with Crippen LogP contribution in [0.3, 0.4) is 0 Å². The van der Waals surface area contributed by atoms with E-state index in [9.17, 15) is 5.11 Å². The number of halogens is 1. The maximum Gasteiger partial charge on any atom is 0.179 e. The Labute approximate surface area is 124 Å². The van der Waals surface area contributed by atoms with Crippen molar-refractivity contribution in [2.24, 2.45) is 0 Å². The molecule has 0 aromatic heterocycles. The van der Waals surface area contributed by atoms with Crippen LogP contribution in [0.5, 0.6) is 11.5 Å².